The van der Waals surface area contributed by atoms with Gasteiger partial charge in [0.05, 0.1) is 0 Å². The van der Waals surface area contributed by atoms with Gasteiger partial charge in [0.2, 0.25) is 0 Å². The zero-order chi connectivity index (χ0) is 12.2. The Balaban J connectivity index is 4.17. The Bertz CT molecular complexity index is 173. The van der Waals surface area contributed by atoms with E-state index < -0.39 is 0 Å². The van der Waals surface area contributed by atoms with Crippen LogP contribution in [0.15, 0.2) is 0 Å². The molecule has 92 valence electrons. The van der Waals surface area contributed by atoms with Crippen LogP contribution in [0.2, 0.25) is 0 Å². The van der Waals surface area contributed by atoms with E-state index in [1.807, 2.05) is 0 Å². The predicted molar refractivity (Wildman–Crippen MR) is 69.0 cm³/mol. The quantitative estimate of drug-likeness (QED) is 0.736. The Hall–Kier alpha value is -0.0800. The van der Waals surface area contributed by atoms with E-state index in [0.717, 1.165) is 12.5 Å². The number of rotatable bonds is 6. The molecule has 0 aliphatic carbocycles. The van der Waals surface area contributed by atoms with Gasteiger partial charge in [0.1, 0.15) is 0 Å². The fourth-order valence-corrected chi connectivity index (χ4v) is 1.80. The molecule has 2 N–H and O–H groups in total. The molecule has 0 bridgehead atoms. The highest BCUT2D eigenvalue weighted by molar-refractivity contribution is 4.82. The standard InChI is InChI=1S/C13H30N2/c1-10(2)8-11(3)15(7)9-13(5,6)12(4)14/h10-12H,8-9,14H2,1-7H3. The lowest BCUT2D eigenvalue weighted by atomic mass is 9.85. The predicted octanol–water partition coefficient (Wildman–Crippen LogP) is 2.73. The molecule has 0 saturated heterocycles. The molecule has 0 radical (unpaired) electrons. The van der Waals surface area contributed by atoms with Crippen molar-refractivity contribution in [3.8, 4) is 0 Å². The van der Waals surface area contributed by atoms with E-state index in [1.165, 1.54) is 6.42 Å². The third-order valence-corrected chi connectivity index (χ3v) is 3.45. The summed E-state index contributed by atoms with van der Waals surface area (Å²) in [5.74, 6) is 0.765. The van der Waals surface area contributed by atoms with E-state index in [1.54, 1.807) is 0 Å². The summed E-state index contributed by atoms with van der Waals surface area (Å²) in [6.45, 7) is 14.5. The van der Waals surface area contributed by atoms with Crippen molar-refractivity contribution in [1.82, 2.24) is 4.90 Å². The molecule has 2 atom stereocenters. The zero-order valence-electron chi connectivity index (χ0n) is 11.7. The maximum atomic E-state index is 5.99. The van der Waals surface area contributed by atoms with Crippen LogP contribution in [0, 0.1) is 11.3 Å². The monoisotopic (exact) mass is 214 g/mol. The van der Waals surface area contributed by atoms with Gasteiger partial charge in [-0.25, -0.2) is 0 Å². The second-order valence-corrected chi connectivity index (χ2v) is 6.17. The Morgan fingerprint density at radius 1 is 1.13 bits per heavy atom. The summed E-state index contributed by atoms with van der Waals surface area (Å²) in [6.07, 6.45) is 1.26. The zero-order valence-corrected chi connectivity index (χ0v) is 11.7. The van der Waals surface area contributed by atoms with Gasteiger partial charge in [0.25, 0.3) is 0 Å². The molecule has 0 rings (SSSR count). The second-order valence-electron chi connectivity index (χ2n) is 6.17. The van der Waals surface area contributed by atoms with Crippen LogP contribution >= 0.6 is 0 Å². The first kappa shape index (κ1) is 14.9. The normalized spacial score (nSPS) is 17.2. The third-order valence-electron chi connectivity index (χ3n) is 3.45. The molecule has 15 heavy (non-hydrogen) atoms. The number of hydrogen-bond acceptors (Lipinski definition) is 2. The smallest absolute Gasteiger partial charge is 0.00739 e. The van der Waals surface area contributed by atoms with Crippen molar-refractivity contribution < 1.29 is 0 Å². The summed E-state index contributed by atoms with van der Waals surface area (Å²) < 4.78 is 0. The fraction of sp³-hybridized carbons (Fsp3) is 1.00. The summed E-state index contributed by atoms with van der Waals surface area (Å²) in [5, 5.41) is 0. The van der Waals surface area contributed by atoms with Crippen molar-refractivity contribution in [1.29, 1.82) is 0 Å². The topological polar surface area (TPSA) is 29.3 Å². The first-order valence-corrected chi connectivity index (χ1v) is 6.12. The van der Waals surface area contributed by atoms with Gasteiger partial charge in [-0.15, -0.1) is 0 Å². The van der Waals surface area contributed by atoms with Gasteiger partial charge in [-0.2, -0.15) is 0 Å². The molecule has 0 heterocycles. The summed E-state index contributed by atoms with van der Waals surface area (Å²) in [5.41, 5.74) is 6.19. The molecule has 0 amide bonds. The van der Waals surface area contributed by atoms with Crippen LogP contribution in [-0.2, 0) is 0 Å². The number of nitrogens with two attached hydrogens (primary N) is 1. The lowest BCUT2D eigenvalue weighted by molar-refractivity contribution is 0.138. The molecule has 2 unspecified atom stereocenters. The highest BCUT2D eigenvalue weighted by atomic mass is 15.1. The van der Waals surface area contributed by atoms with E-state index >= 15 is 0 Å². The minimum atomic E-state index is 0.194. The van der Waals surface area contributed by atoms with E-state index in [0.29, 0.717) is 6.04 Å². The van der Waals surface area contributed by atoms with Crippen molar-refractivity contribution in [3.05, 3.63) is 0 Å². The van der Waals surface area contributed by atoms with E-state index in [4.69, 9.17) is 5.73 Å². The molecule has 0 spiro atoms. The Labute approximate surface area is 96.2 Å². The van der Waals surface area contributed by atoms with Gasteiger partial charge < -0.3 is 10.6 Å². The highest BCUT2D eigenvalue weighted by Crippen LogP contribution is 2.22. The Morgan fingerprint density at radius 3 is 1.93 bits per heavy atom. The Kier molecular flexibility index (Phi) is 5.82. The average molecular weight is 214 g/mol. The van der Waals surface area contributed by atoms with Gasteiger partial charge >= 0.3 is 0 Å². The molecule has 0 fully saturated rings. The lowest BCUT2D eigenvalue weighted by Crippen LogP contribution is -2.45. The van der Waals surface area contributed by atoms with E-state index in [9.17, 15) is 0 Å². The maximum Gasteiger partial charge on any atom is 0.00739 e. The van der Waals surface area contributed by atoms with Crippen molar-refractivity contribution in [3.63, 3.8) is 0 Å². The molecule has 2 heteroatoms. The van der Waals surface area contributed by atoms with Gasteiger partial charge in [-0.1, -0.05) is 27.7 Å². The van der Waals surface area contributed by atoms with Crippen molar-refractivity contribution in [2.24, 2.45) is 17.1 Å². The average Bonchev–Trinajstić information content (AvgIpc) is 2.01. The maximum absolute atomic E-state index is 5.99. The SMILES string of the molecule is CC(C)CC(C)N(C)CC(C)(C)C(C)N. The highest BCUT2D eigenvalue weighted by Gasteiger charge is 2.26. The van der Waals surface area contributed by atoms with Crippen molar-refractivity contribution >= 4 is 0 Å². The Morgan fingerprint density at radius 2 is 1.60 bits per heavy atom. The first-order valence-electron chi connectivity index (χ1n) is 6.12. The lowest BCUT2D eigenvalue weighted by Gasteiger charge is -2.36. The van der Waals surface area contributed by atoms with Crippen molar-refractivity contribution in [2.45, 2.75) is 60.0 Å². The largest absolute Gasteiger partial charge is 0.327 e. The third kappa shape index (κ3) is 5.53. The summed E-state index contributed by atoms with van der Waals surface area (Å²) in [7, 11) is 2.21. The van der Waals surface area contributed by atoms with Crippen LogP contribution in [-0.4, -0.2) is 30.6 Å². The van der Waals surface area contributed by atoms with E-state index in [-0.39, 0.29) is 11.5 Å². The number of hydrogen-bond donors (Lipinski definition) is 1. The van der Waals surface area contributed by atoms with Crippen LogP contribution in [0.5, 0.6) is 0 Å². The first-order chi connectivity index (χ1) is 6.66. The fourth-order valence-electron chi connectivity index (χ4n) is 1.80. The molecule has 0 aromatic carbocycles. The molecule has 0 aliphatic rings. The van der Waals surface area contributed by atoms with Crippen LogP contribution in [0.4, 0.5) is 0 Å². The summed E-state index contributed by atoms with van der Waals surface area (Å²) in [4.78, 5) is 2.43. The van der Waals surface area contributed by atoms with Gasteiger partial charge in [-0.05, 0) is 38.6 Å². The minimum absolute atomic E-state index is 0.194. The number of nitrogens with zero attached hydrogens (tertiary/aromatic N) is 1. The van der Waals surface area contributed by atoms with Gasteiger partial charge in [0, 0.05) is 18.6 Å². The second kappa shape index (κ2) is 5.86. The van der Waals surface area contributed by atoms with E-state index in [2.05, 4.69) is 53.5 Å². The molecular formula is C13H30N2. The van der Waals surface area contributed by atoms with Crippen LogP contribution in [0.1, 0.15) is 48.0 Å². The summed E-state index contributed by atoms with van der Waals surface area (Å²) >= 11 is 0. The molecule has 0 saturated carbocycles. The van der Waals surface area contributed by atoms with Crippen LogP contribution in [0.3, 0.4) is 0 Å². The van der Waals surface area contributed by atoms with Gasteiger partial charge in [-0.3, -0.25) is 0 Å². The van der Waals surface area contributed by atoms with Crippen molar-refractivity contribution in [2.75, 3.05) is 13.6 Å². The summed E-state index contributed by atoms with van der Waals surface area (Å²) in [6, 6.07) is 0.884. The minimum Gasteiger partial charge on any atom is -0.327 e. The molecule has 2 nitrogen and oxygen atoms in total. The van der Waals surface area contributed by atoms with Crippen LogP contribution < -0.4 is 5.73 Å². The molecule has 0 aliphatic heterocycles. The van der Waals surface area contributed by atoms with Crippen LogP contribution in [0.25, 0.3) is 0 Å². The van der Waals surface area contributed by atoms with Gasteiger partial charge in [0.15, 0.2) is 0 Å². The molecule has 0 aromatic heterocycles. The molecular weight excluding hydrogens is 184 g/mol. The molecule has 0 aromatic rings.